The molecule has 1 atom stereocenters. The molecule has 2 aromatic rings. The van der Waals surface area contributed by atoms with Gasteiger partial charge in [-0.3, -0.25) is 14.9 Å². The Labute approximate surface area is 133 Å². The molecule has 0 spiro atoms. The van der Waals surface area contributed by atoms with E-state index in [2.05, 4.69) is 5.32 Å². The molecule has 1 heterocycles. The van der Waals surface area contributed by atoms with Crippen LogP contribution in [0, 0.1) is 24.0 Å². The second-order valence-corrected chi connectivity index (χ2v) is 5.24. The van der Waals surface area contributed by atoms with E-state index in [0.717, 1.165) is 5.76 Å². The number of rotatable bonds is 6. The summed E-state index contributed by atoms with van der Waals surface area (Å²) in [6.45, 7) is 3.81. The number of nitrogens with one attached hydrogen (secondary N) is 1. The second-order valence-electron chi connectivity index (χ2n) is 5.24. The van der Waals surface area contributed by atoms with Crippen molar-refractivity contribution in [3.05, 3.63) is 63.1 Å². The van der Waals surface area contributed by atoms with Crippen LogP contribution in [0.2, 0.25) is 0 Å². The number of furan rings is 1. The van der Waals surface area contributed by atoms with Gasteiger partial charge >= 0.3 is 0 Å². The summed E-state index contributed by atoms with van der Waals surface area (Å²) in [4.78, 5) is 22.1. The summed E-state index contributed by atoms with van der Waals surface area (Å²) in [7, 11) is 0. The maximum absolute atomic E-state index is 12.0. The third-order valence-corrected chi connectivity index (χ3v) is 3.46. The van der Waals surface area contributed by atoms with Crippen molar-refractivity contribution in [2.45, 2.75) is 26.4 Å². The SMILES string of the molecule is Cc1cc(C(O)CCNC(=O)c2cccc([N+](=O)[O-])c2)c(C)o1. The van der Waals surface area contributed by atoms with E-state index in [1.165, 1.54) is 24.3 Å². The average Bonchev–Trinajstić information content (AvgIpc) is 2.85. The van der Waals surface area contributed by atoms with Crippen LogP contribution in [0.25, 0.3) is 0 Å². The number of amides is 1. The van der Waals surface area contributed by atoms with Crippen LogP contribution in [0.15, 0.2) is 34.7 Å². The lowest BCUT2D eigenvalue weighted by atomic mass is 10.1. The van der Waals surface area contributed by atoms with Crippen molar-refractivity contribution in [1.82, 2.24) is 5.32 Å². The quantitative estimate of drug-likeness (QED) is 0.629. The number of aryl methyl sites for hydroxylation is 2. The molecule has 1 amide bonds. The number of carbonyl (C=O) groups excluding carboxylic acids is 1. The van der Waals surface area contributed by atoms with E-state index in [1.54, 1.807) is 19.9 Å². The van der Waals surface area contributed by atoms with Gasteiger partial charge in [-0.15, -0.1) is 0 Å². The molecule has 2 N–H and O–H groups in total. The second kappa shape index (κ2) is 7.06. The summed E-state index contributed by atoms with van der Waals surface area (Å²) in [5, 5.41) is 23.5. The van der Waals surface area contributed by atoms with Gasteiger partial charge in [-0.1, -0.05) is 6.07 Å². The van der Waals surface area contributed by atoms with Gasteiger partial charge in [0.2, 0.25) is 0 Å². The monoisotopic (exact) mass is 318 g/mol. The van der Waals surface area contributed by atoms with Gasteiger partial charge in [-0.05, 0) is 32.4 Å². The Hall–Kier alpha value is -2.67. The van der Waals surface area contributed by atoms with Crippen LogP contribution in [0.1, 0.15) is 40.0 Å². The van der Waals surface area contributed by atoms with Crippen molar-refractivity contribution in [3.63, 3.8) is 0 Å². The molecule has 0 fully saturated rings. The first-order valence-corrected chi connectivity index (χ1v) is 7.16. The molecule has 0 saturated heterocycles. The highest BCUT2D eigenvalue weighted by Crippen LogP contribution is 2.23. The number of nitrogens with zero attached hydrogens (tertiary/aromatic N) is 1. The molecule has 7 heteroatoms. The number of aliphatic hydroxyl groups excluding tert-OH is 1. The van der Waals surface area contributed by atoms with Crippen molar-refractivity contribution in [2.24, 2.45) is 0 Å². The lowest BCUT2D eigenvalue weighted by Gasteiger charge is -2.10. The minimum atomic E-state index is -0.738. The summed E-state index contributed by atoms with van der Waals surface area (Å²) in [5.74, 6) is 0.957. The van der Waals surface area contributed by atoms with Crippen molar-refractivity contribution in [2.75, 3.05) is 6.54 Å². The summed E-state index contributed by atoms with van der Waals surface area (Å²) in [6, 6.07) is 7.27. The predicted molar refractivity (Wildman–Crippen MR) is 83.2 cm³/mol. The van der Waals surface area contributed by atoms with Gasteiger partial charge in [0.25, 0.3) is 11.6 Å². The van der Waals surface area contributed by atoms with Gasteiger partial charge < -0.3 is 14.8 Å². The predicted octanol–water partition coefficient (Wildman–Crippen LogP) is 2.66. The fourth-order valence-electron chi connectivity index (χ4n) is 2.32. The zero-order valence-electron chi connectivity index (χ0n) is 12.9. The third kappa shape index (κ3) is 4.17. The number of aliphatic hydroxyl groups is 1. The number of carbonyl (C=O) groups is 1. The Bertz CT molecular complexity index is 723. The van der Waals surface area contributed by atoms with E-state index >= 15 is 0 Å². The van der Waals surface area contributed by atoms with E-state index in [9.17, 15) is 20.0 Å². The molecular weight excluding hydrogens is 300 g/mol. The molecule has 2 rings (SSSR count). The highest BCUT2D eigenvalue weighted by atomic mass is 16.6. The normalized spacial score (nSPS) is 12.0. The van der Waals surface area contributed by atoms with E-state index in [-0.39, 0.29) is 17.8 Å². The van der Waals surface area contributed by atoms with Gasteiger partial charge in [0.1, 0.15) is 11.5 Å². The van der Waals surface area contributed by atoms with Crippen LogP contribution in [0.4, 0.5) is 5.69 Å². The van der Waals surface area contributed by atoms with Gasteiger partial charge in [0, 0.05) is 29.8 Å². The standard InChI is InChI=1S/C16H18N2O5/c1-10-8-14(11(2)23-10)15(19)6-7-17-16(20)12-4-3-5-13(9-12)18(21)22/h3-5,8-9,15,19H,6-7H2,1-2H3,(H,17,20). The molecule has 1 aromatic heterocycles. The van der Waals surface area contributed by atoms with Crippen molar-refractivity contribution >= 4 is 11.6 Å². The number of nitro benzene ring substituents is 1. The maximum Gasteiger partial charge on any atom is 0.270 e. The Morgan fingerprint density at radius 2 is 2.13 bits per heavy atom. The number of benzene rings is 1. The molecular formula is C16H18N2O5. The molecule has 1 aromatic carbocycles. The molecule has 0 bridgehead atoms. The zero-order valence-corrected chi connectivity index (χ0v) is 12.9. The molecule has 0 aliphatic rings. The van der Waals surface area contributed by atoms with E-state index in [1.807, 2.05) is 0 Å². The van der Waals surface area contributed by atoms with Crippen molar-refractivity contribution < 1.29 is 19.2 Å². The topological polar surface area (TPSA) is 106 Å². The van der Waals surface area contributed by atoms with Crippen LogP contribution in [-0.2, 0) is 0 Å². The molecule has 7 nitrogen and oxygen atoms in total. The van der Waals surface area contributed by atoms with Gasteiger partial charge in [-0.2, -0.15) is 0 Å². The molecule has 0 saturated carbocycles. The summed E-state index contributed by atoms with van der Waals surface area (Å²) >= 11 is 0. The van der Waals surface area contributed by atoms with E-state index in [4.69, 9.17) is 4.42 Å². The molecule has 122 valence electrons. The van der Waals surface area contributed by atoms with E-state index in [0.29, 0.717) is 17.7 Å². The smallest absolute Gasteiger partial charge is 0.270 e. The minimum absolute atomic E-state index is 0.137. The highest BCUT2D eigenvalue weighted by molar-refractivity contribution is 5.94. The summed E-state index contributed by atoms with van der Waals surface area (Å²) in [6.07, 6.45) is -0.418. The molecule has 1 unspecified atom stereocenters. The number of nitro groups is 1. The largest absolute Gasteiger partial charge is 0.466 e. The number of hydrogen-bond acceptors (Lipinski definition) is 5. The first kappa shape index (κ1) is 16.7. The zero-order chi connectivity index (χ0) is 17.0. The van der Waals surface area contributed by atoms with Crippen LogP contribution in [0.5, 0.6) is 0 Å². The first-order chi connectivity index (χ1) is 10.9. The van der Waals surface area contributed by atoms with Gasteiger partial charge in [0.05, 0.1) is 11.0 Å². The third-order valence-electron chi connectivity index (χ3n) is 3.46. The Morgan fingerprint density at radius 1 is 1.39 bits per heavy atom. The highest BCUT2D eigenvalue weighted by Gasteiger charge is 2.15. The maximum atomic E-state index is 12.0. The lowest BCUT2D eigenvalue weighted by Crippen LogP contribution is -2.25. The Morgan fingerprint density at radius 3 is 2.74 bits per heavy atom. The molecule has 0 radical (unpaired) electrons. The fourth-order valence-corrected chi connectivity index (χ4v) is 2.32. The van der Waals surface area contributed by atoms with Crippen LogP contribution in [0.3, 0.4) is 0 Å². The average molecular weight is 318 g/mol. The van der Waals surface area contributed by atoms with Crippen LogP contribution < -0.4 is 5.32 Å². The van der Waals surface area contributed by atoms with Gasteiger partial charge in [0.15, 0.2) is 0 Å². The van der Waals surface area contributed by atoms with Crippen molar-refractivity contribution in [3.8, 4) is 0 Å². The molecule has 23 heavy (non-hydrogen) atoms. The Kier molecular flexibility index (Phi) is 5.13. The lowest BCUT2D eigenvalue weighted by molar-refractivity contribution is -0.384. The number of non-ortho nitro benzene ring substituents is 1. The summed E-state index contributed by atoms with van der Waals surface area (Å²) in [5.41, 5.74) is 0.776. The van der Waals surface area contributed by atoms with Crippen LogP contribution >= 0.6 is 0 Å². The minimum Gasteiger partial charge on any atom is -0.466 e. The Balaban J connectivity index is 1.91. The molecule has 0 aliphatic carbocycles. The number of hydrogen-bond donors (Lipinski definition) is 2. The first-order valence-electron chi connectivity index (χ1n) is 7.16. The van der Waals surface area contributed by atoms with Gasteiger partial charge in [-0.25, -0.2) is 0 Å². The molecule has 0 aliphatic heterocycles. The fraction of sp³-hybridized carbons (Fsp3) is 0.312. The van der Waals surface area contributed by atoms with Crippen molar-refractivity contribution in [1.29, 1.82) is 0 Å². The van der Waals surface area contributed by atoms with Crippen LogP contribution in [-0.4, -0.2) is 22.5 Å². The summed E-state index contributed by atoms with van der Waals surface area (Å²) < 4.78 is 5.36. The van der Waals surface area contributed by atoms with E-state index < -0.39 is 16.9 Å².